The van der Waals surface area contributed by atoms with Crippen LogP contribution >= 0.6 is 23.6 Å². The number of para-hydroxylation sites is 1. The summed E-state index contributed by atoms with van der Waals surface area (Å²) in [5, 5.41) is 7.13. The second kappa shape index (κ2) is 9.84. The number of esters is 1. The predicted octanol–water partition coefficient (Wildman–Crippen LogP) is 4.87. The number of ether oxygens (including phenoxy) is 1. The fraction of sp³-hybridized carbons (Fsp3) is 0.381. The molecule has 1 aromatic carbocycles. The van der Waals surface area contributed by atoms with Crippen molar-refractivity contribution in [3.05, 3.63) is 45.8 Å². The molecule has 156 valence electrons. The van der Waals surface area contributed by atoms with E-state index in [0.29, 0.717) is 32.0 Å². The van der Waals surface area contributed by atoms with Gasteiger partial charge in [0, 0.05) is 19.8 Å². The molecule has 6 nitrogen and oxygen atoms in total. The number of hydrogen-bond acceptors (Lipinski definition) is 5. The van der Waals surface area contributed by atoms with Gasteiger partial charge in [-0.1, -0.05) is 32.0 Å². The Bertz CT molecular complexity index is 922. The molecular formula is C21H27N3O3S2. The number of hydrogen-bond donors (Lipinski definition) is 2. The van der Waals surface area contributed by atoms with Crippen LogP contribution in [0.25, 0.3) is 0 Å². The van der Waals surface area contributed by atoms with Crippen LogP contribution in [0.5, 0.6) is 0 Å². The number of carbonyl (C=O) groups is 2. The Hall–Kier alpha value is -2.45. The zero-order valence-corrected chi connectivity index (χ0v) is 19.2. The fourth-order valence-electron chi connectivity index (χ4n) is 2.87. The summed E-state index contributed by atoms with van der Waals surface area (Å²) in [7, 11) is 4.66. The summed E-state index contributed by atoms with van der Waals surface area (Å²) in [6, 6.07) is 7.99. The highest BCUT2D eigenvalue weighted by Gasteiger charge is 2.26. The molecule has 0 bridgehead atoms. The van der Waals surface area contributed by atoms with Gasteiger partial charge in [-0.3, -0.25) is 4.79 Å². The lowest BCUT2D eigenvalue weighted by Crippen LogP contribution is -2.21. The van der Waals surface area contributed by atoms with E-state index in [9.17, 15) is 9.59 Å². The van der Waals surface area contributed by atoms with Crippen molar-refractivity contribution in [2.75, 3.05) is 31.8 Å². The van der Waals surface area contributed by atoms with E-state index in [0.717, 1.165) is 17.7 Å². The summed E-state index contributed by atoms with van der Waals surface area (Å²) in [5.74, 6) is -0.311. The van der Waals surface area contributed by atoms with Crippen LogP contribution in [0.15, 0.2) is 24.3 Å². The maximum absolute atomic E-state index is 12.5. The molecule has 0 aliphatic carbocycles. The quantitative estimate of drug-likeness (QED) is 0.500. The summed E-state index contributed by atoms with van der Waals surface area (Å²) in [6.07, 6.45) is 1.01. The third kappa shape index (κ3) is 5.13. The van der Waals surface area contributed by atoms with Crippen molar-refractivity contribution in [1.29, 1.82) is 0 Å². The van der Waals surface area contributed by atoms with E-state index in [1.54, 1.807) is 21.0 Å². The van der Waals surface area contributed by atoms with E-state index in [4.69, 9.17) is 17.0 Å². The molecule has 1 heterocycles. The predicted molar refractivity (Wildman–Crippen MR) is 123 cm³/mol. The molecule has 0 saturated carbocycles. The molecule has 0 aliphatic heterocycles. The Balaban J connectivity index is 2.34. The first-order valence-corrected chi connectivity index (χ1v) is 10.5. The Kier molecular flexibility index (Phi) is 7.75. The molecule has 1 atom stereocenters. The van der Waals surface area contributed by atoms with E-state index in [-0.39, 0.29) is 5.91 Å². The molecule has 2 rings (SSSR count). The van der Waals surface area contributed by atoms with Gasteiger partial charge in [0.2, 0.25) is 0 Å². The van der Waals surface area contributed by atoms with Crippen molar-refractivity contribution in [3.63, 3.8) is 0 Å². The zero-order valence-electron chi connectivity index (χ0n) is 17.6. The van der Waals surface area contributed by atoms with Crippen molar-refractivity contribution in [3.8, 4) is 0 Å². The summed E-state index contributed by atoms with van der Waals surface area (Å²) in [4.78, 5) is 26.8. The molecule has 1 aromatic heterocycles. The molecule has 0 saturated heterocycles. The van der Waals surface area contributed by atoms with Gasteiger partial charge in [-0.25, -0.2) is 4.79 Å². The SMILES string of the molecule is CC[C@@H](C)c1ccccc1NC(=S)Nc1sc(C(=O)N(C)C)c(C)c1C(=O)OC. The van der Waals surface area contributed by atoms with Crippen LogP contribution in [0.4, 0.5) is 10.7 Å². The highest BCUT2D eigenvalue weighted by Crippen LogP contribution is 2.35. The van der Waals surface area contributed by atoms with Gasteiger partial charge in [-0.15, -0.1) is 11.3 Å². The molecule has 2 aromatic rings. The Morgan fingerprint density at radius 2 is 1.90 bits per heavy atom. The number of carbonyl (C=O) groups excluding carboxylic acids is 2. The van der Waals surface area contributed by atoms with Crippen LogP contribution in [0.1, 0.15) is 57.3 Å². The number of benzene rings is 1. The average Bonchev–Trinajstić information content (AvgIpc) is 3.01. The van der Waals surface area contributed by atoms with Gasteiger partial charge in [-0.05, 0) is 48.7 Å². The fourth-order valence-corrected chi connectivity index (χ4v) is 4.37. The first-order valence-electron chi connectivity index (χ1n) is 9.31. The van der Waals surface area contributed by atoms with Gasteiger partial charge in [0.25, 0.3) is 5.91 Å². The number of anilines is 2. The first-order chi connectivity index (χ1) is 13.7. The molecule has 0 radical (unpaired) electrons. The minimum Gasteiger partial charge on any atom is -0.465 e. The number of nitrogens with one attached hydrogen (secondary N) is 2. The first kappa shape index (κ1) is 22.8. The monoisotopic (exact) mass is 433 g/mol. The van der Waals surface area contributed by atoms with Crippen molar-refractivity contribution < 1.29 is 14.3 Å². The van der Waals surface area contributed by atoms with Crippen LogP contribution in [0.3, 0.4) is 0 Å². The van der Waals surface area contributed by atoms with E-state index in [1.807, 2.05) is 18.2 Å². The molecule has 0 spiro atoms. The average molecular weight is 434 g/mol. The van der Waals surface area contributed by atoms with Gasteiger partial charge in [0.05, 0.1) is 17.6 Å². The zero-order chi connectivity index (χ0) is 21.7. The second-order valence-electron chi connectivity index (χ2n) is 6.93. The van der Waals surface area contributed by atoms with Crippen LogP contribution in [0.2, 0.25) is 0 Å². The van der Waals surface area contributed by atoms with E-state index >= 15 is 0 Å². The third-order valence-electron chi connectivity index (χ3n) is 4.72. The highest BCUT2D eigenvalue weighted by molar-refractivity contribution is 7.80. The van der Waals surface area contributed by atoms with E-state index in [1.165, 1.54) is 23.3 Å². The maximum atomic E-state index is 12.5. The molecule has 29 heavy (non-hydrogen) atoms. The Morgan fingerprint density at radius 1 is 1.24 bits per heavy atom. The molecule has 0 aliphatic rings. The van der Waals surface area contributed by atoms with Crippen LogP contribution in [0, 0.1) is 6.92 Å². The summed E-state index contributed by atoms with van der Waals surface area (Å²) >= 11 is 6.68. The summed E-state index contributed by atoms with van der Waals surface area (Å²) in [5.41, 5.74) is 2.97. The highest BCUT2D eigenvalue weighted by atomic mass is 32.1. The van der Waals surface area contributed by atoms with Crippen molar-refractivity contribution in [1.82, 2.24) is 4.90 Å². The normalized spacial score (nSPS) is 11.5. The van der Waals surface area contributed by atoms with Crippen LogP contribution < -0.4 is 10.6 Å². The van der Waals surface area contributed by atoms with Crippen molar-refractivity contribution >= 4 is 51.2 Å². The lowest BCUT2D eigenvalue weighted by atomic mass is 9.97. The number of thiocarbonyl (C=S) groups is 1. The van der Waals surface area contributed by atoms with Gasteiger partial charge in [0.15, 0.2) is 5.11 Å². The van der Waals surface area contributed by atoms with E-state index in [2.05, 4.69) is 30.5 Å². The van der Waals surface area contributed by atoms with Crippen molar-refractivity contribution in [2.24, 2.45) is 0 Å². The summed E-state index contributed by atoms with van der Waals surface area (Å²) in [6.45, 7) is 6.03. The topological polar surface area (TPSA) is 70.7 Å². The number of methoxy groups -OCH3 is 1. The minimum absolute atomic E-state index is 0.174. The van der Waals surface area contributed by atoms with Crippen LogP contribution in [-0.4, -0.2) is 43.1 Å². The lowest BCUT2D eigenvalue weighted by Gasteiger charge is -2.17. The Labute approximate surface area is 181 Å². The largest absolute Gasteiger partial charge is 0.465 e. The molecule has 8 heteroatoms. The maximum Gasteiger partial charge on any atom is 0.341 e. The van der Waals surface area contributed by atoms with Gasteiger partial charge in [0.1, 0.15) is 5.00 Å². The second-order valence-corrected chi connectivity index (χ2v) is 8.36. The lowest BCUT2D eigenvalue weighted by molar-refractivity contribution is 0.0601. The van der Waals surface area contributed by atoms with Crippen LogP contribution in [-0.2, 0) is 4.74 Å². The van der Waals surface area contributed by atoms with Crippen molar-refractivity contribution in [2.45, 2.75) is 33.1 Å². The number of amides is 1. The molecule has 0 fully saturated rings. The molecular weight excluding hydrogens is 406 g/mol. The number of thiophene rings is 1. The van der Waals surface area contributed by atoms with Gasteiger partial charge in [-0.2, -0.15) is 0 Å². The summed E-state index contributed by atoms with van der Waals surface area (Å²) < 4.78 is 4.92. The molecule has 1 amide bonds. The smallest absolute Gasteiger partial charge is 0.341 e. The third-order valence-corrected chi connectivity index (χ3v) is 6.12. The minimum atomic E-state index is -0.512. The standard InChI is InChI=1S/C21H27N3O3S2/c1-7-12(2)14-10-8-9-11-15(14)22-21(28)23-18-16(20(26)27-6)13(3)17(29-18)19(25)24(4)5/h8-12H,7H2,1-6H3,(H2,22,23,28)/t12-/m1/s1. The number of rotatable bonds is 6. The Morgan fingerprint density at radius 3 is 2.48 bits per heavy atom. The molecule has 2 N–H and O–H groups in total. The van der Waals surface area contributed by atoms with E-state index < -0.39 is 5.97 Å². The van der Waals surface area contributed by atoms with Gasteiger partial charge < -0.3 is 20.3 Å². The number of nitrogens with zero attached hydrogens (tertiary/aromatic N) is 1. The van der Waals surface area contributed by atoms with Gasteiger partial charge >= 0.3 is 5.97 Å². The molecule has 0 unspecified atom stereocenters.